The van der Waals surface area contributed by atoms with Gasteiger partial charge in [-0.3, -0.25) is 4.68 Å². The monoisotopic (exact) mass is 263 g/mol. The van der Waals surface area contributed by atoms with Crippen LogP contribution < -0.4 is 10.1 Å². The molecule has 1 N–H and O–H groups in total. The number of benzene rings is 1. The second-order valence-electron chi connectivity index (χ2n) is 4.16. The van der Waals surface area contributed by atoms with E-state index in [4.69, 9.17) is 4.74 Å². The van der Waals surface area contributed by atoms with E-state index in [1.165, 1.54) is 6.07 Å². The molecule has 5 heteroatoms. The normalized spacial score (nSPS) is 10.6. The molecule has 0 bridgehead atoms. The molecule has 0 fully saturated rings. The van der Waals surface area contributed by atoms with E-state index in [0.29, 0.717) is 19.7 Å². The van der Waals surface area contributed by atoms with Gasteiger partial charge in [-0.05, 0) is 30.3 Å². The summed E-state index contributed by atoms with van der Waals surface area (Å²) in [7, 11) is 0. The number of hydrogen-bond acceptors (Lipinski definition) is 3. The highest BCUT2D eigenvalue weighted by Gasteiger charge is 2.04. The van der Waals surface area contributed by atoms with Gasteiger partial charge in [0.25, 0.3) is 0 Å². The Kier molecular flexibility index (Phi) is 4.92. The van der Waals surface area contributed by atoms with Crippen LogP contribution in [0, 0.1) is 5.82 Å². The predicted molar refractivity (Wildman–Crippen MR) is 71.5 cm³/mol. The summed E-state index contributed by atoms with van der Waals surface area (Å²) in [6.45, 7) is 4.55. The highest BCUT2D eigenvalue weighted by atomic mass is 19.1. The second-order valence-corrected chi connectivity index (χ2v) is 4.16. The van der Waals surface area contributed by atoms with Crippen molar-refractivity contribution < 1.29 is 9.13 Å². The number of halogens is 1. The maximum absolute atomic E-state index is 13.8. The van der Waals surface area contributed by atoms with Crippen LogP contribution >= 0.6 is 0 Å². The fraction of sp³-hybridized carbons (Fsp3) is 0.357. The minimum atomic E-state index is -0.323. The molecule has 102 valence electrons. The molecule has 0 saturated heterocycles. The van der Waals surface area contributed by atoms with Gasteiger partial charge in [-0.15, -0.1) is 0 Å². The fourth-order valence-corrected chi connectivity index (χ4v) is 1.72. The number of nitrogens with zero attached hydrogens (tertiary/aromatic N) is 2. The quantitative estimate of drug-likeness (QED) is 0.832. The van der Waals surface area contributed by atoms with Crippen LogP contribution in [-0.2, 0) is 13.1 Å². The van der Waals surface area contributed by atoms with E-state index >= 15 is 0 Å². The molecule has 2 aromatic rings. The Morgan fingerprint density at radius 1 is 1.42 bits per heavy atom. The lowest BCUT2D eigenvalue weighted by molar-refractivity contribution is 0.278. The first kappa shape index (κ1) is 13.5. The average Bonchev–Trinajstić information content (AvgIpc) is 2.92. The molecular formula is C14H18FN3O. The molecule has 1 heterocycles. The van der Waals surface area contributed by atoms with Crippen LogP contribution in [0.2, 0.25) is 0 Å². The zero-order valence-corrected chi connectivity index (χ0v) is 11.0. The molecule has 0 radical (unpaired) electrons. The summed E-state index contributed by atoms with van der Waals surface area (Å²) >= 11 is 0. The van der Waals surface area contributed by atoms with Gasteiger partial charge in [0, 0.05) is 18.9 Å². The number of aromatic nitrogens is 2. The summed E-state index contributed by atoms with van der Waals surface area (Å²) in [5.41, 5.74) is 0.916. The van der Waals surface area contributed by atoms with Crippen molar-refractivity contribution in [2.75, 3.05) is 13.2 Å². The Balaban J connectivity index is 1.86. The van der Waals surface area contributed by atoms with Gasteiger partial charge < -0.3 is 10.1 Å². The molecule has 0 amide bonds. The Morgan fingerprint density at radius 2 is 2.32 bits per heavy atom. The minimum Gasteiger partial charge on any atom is -0.489 e. The lowest BCUT2D eigenvalue weighted by Gasteiger charge is -2.09. The molecule has 0 aliphatic heterocycles. The molecule has 0 spiro atoms. The Morgan fingerprint density at radius 3 is 3.00 bits per heavy atom. The van der Waals surface area contributed by atoms with Crippen LogP contribution in [0.5, 0.6) is 5.75 Å². The van der Waals surface area contributed by atoms with Crippen LogP contribution in [0.1, 0.15) is 12.5 Å². The second kappa shape index (κ2) is 6.89. The summed E-state index contributed by atoms with van der Waals surface area (Å²) < 4.78 is 20.9. The van der Waals surface area contributed by atoms with E-state index in [2.05, 4.69) is 10.4 Å². The molecule has 0 aliphatic rings. The molecule has 2 rings (SSSR count). The van der Waals surface area contributed by atoms with Crippen molar-refractivity contribution in [2.45, 2.75) is 20.0 Å². The highest BCUT2D eigenvalue weighted by Crippen LogP contribution is 2.18. The standard InChI is InChI=1S/C14H18FN3O/c1-2-16-11-12-4-5-14(13(15)10-12)19-9-8-18-7-3-6-17-18/h3-7,10,16H,2,8-9,11H2,1H3. The first-order chi connectivity index (χ1) is 9.29. The first-order valence-electron chi connectivity index (χ1n) is 6.39. The topological polar surface area (TPSA) is 39.1 Å². The third-order valence-corrected chi connectivity index (χ3v) is 2.71. The Bertz CT molecular complexity index is 499. The van der Waals surface area contributed by atoms with Gasteiger partial charge in [0.1, 0.15) is 6.61 Å². The Labute approximate surface area is 112 Å². The summed E-state index contributed by atoms with van der Waals surface area (Å²) in [6, 6.07) is 6.89. The number of nitrogens with one attached hydrogen (secondary N) is 1. The Hall–Kier alpha value is -1.88. The minimum absolute atomic E-state index is 0.285. The van der Waals surface area contributed by atoms with Gasteiger partial charge >= 0.3 is 0 Å². The first-order valence-corrected chi connectivity index (χ1v) is 6.39. The summed E-state index contributed by atoms with van der Waals surface area (Å²) in [5.74, 6) is -0.0386. The van der Waals surface area contributed by atoms with Crippen molar-refractivity contribution in [3.05, 3.63) is 48.0 Å². The van der Waals surface area contributed by atoms with E-state index in [0.717, 1.165) is 12.1 Å². The third-order valence-electron chi connectivity index (χ3n) is 2.71. The van der Waals surface area contributed by atoms with Crippen LogP contribution in [0.3, 0.4) is 0 Å². The number of ether oxygens (including phenoxy) is 1. The number of hydrogen-bond donors (Lipinski definition) is 1. The van der Waals surface area contributed by atoms with Gasteiger partial charge in [0.05, 0.1) is 6.54 Å². The van der Waals surface area contributed by atoms with Crippen molar-refractivity contribution in [3.63, 3.8) is 0 Å². The van der Waals surface area contributed by atoms with Crippen molar-refractivity contribution >= 4 is 0 Å². The lowest BCUT2D eigenvalue weighted by atomic mass is 10.2. The van der Waals surface area contributed by atoms with E-state index < -0.39 is 0 Å². The lowest BCUT2D eigenvalue weighted by Crippen LogP contribution is -2.12. The summed E-state index contributed by atoms with van der Waals surface area (Å²) in [6.07, 6.45) is 3.55. The summed E-state index contributed by atoms with van der Waals surface area (Å²) in [4.78, 5) is 0. The molecular weight excluding hydrogens is 245 g/mol. The zero-order chi connectivity index (χ0) is 13.5. The van der Waals surface area contributed by atoms with E-state index in [1.807, 2.05) is 25.3 Å². The zero-order valence-electron chi connectivity index (χ0n) is 11.0. The molecule has 0 unspecified atom stereocenters. The van der Waals surface area contributed by atoms with Gasteiger partial charge in [-0.25, -0.2) is 4.39 Å². The van der Waals surface area contributed by atoms with Crippen molar-refractivity contribution in [3.8, 4) is 5.75 Å². The van der Waals surface area contributed by atoms with Crippen molar-refractivity contribution in [1.82, 2.24) is 15.1 Å². The molecule has 0 aliphatic carbocycles. The average molecular weight is 263 g/mol. The molecule has 0 atom stereocenters. The number of rotatable bonds is 7. The van der Waals surface area contributed by atoms with Crippen LogP contribution in [-0.4, -0.2) is 22.9 Å². The third kappa shape index (κ3) is 4.06. The highest BCUT2D eigenvalue weighted by molar-refractivity contribution is 5.29. The van der Waals surface area contributed by atoms with E-state index in [9.17, 15) is 4.39 Å². The van der Waals surface area contributed by atoms with Gasteiger partial charge in [0.2, 0.25) is 0 Å². The van der Waals surface area contributed by atoms with Crippen LogP contribution in [0.15, 0.2) is 36.7 Å². The van der Waals surface area contributed by atoms with E-state index in [-0.39, 0.29) is 11.6 Å². The van der Waals surface area contributed by atoms with Crippen LogP contribution in [0.25, 0.3) is 0 Å². The SMILES string of the molecule is CCNCc1ccc(OCCn2cccn2)c(F)c1. The predicted octanol–water partition coefficient (Wildman–Crippen LogP) is 2.21. The molecule has 1 aromatic heterocycles. The molecule has 19 heavy (non-hydrogen) atoms. The van der Waals surface area contributed by atoms with Crippen molar-refractivity contribution in [1.29, 1.82) is 0 Å². The van der Waals surface area contributed by atoms with Crippen molar-refractivity contribution in [2.24, 2.45) is 0 Å². The molecule has 1 aromatic carbocycles. The fourth-order valence-electron chi connectivity index (χ4n) is 1.72. The molecule has 0 saturated carbocycles. The maximum atomic E-state index is 13.8. The van der Waals surface area contributed by atoms with Gasteiger partial charge in [-0.1, -0.05) is 13.0 Å². The van der Waals surface area contributed by atoms with Gasteiger partial charge in [-0.2, -0.15) is 5.10 Å². The maximum Gasteiger partial charge on any atom is 0.165 e. The largest absolute Gasteiger partial charge is 0.489 e. The van der Waals surface area contributed by atoms with Crippen LogP contribution in [0.4, 0.5) is 4.39 Å². The van der Waals surface area contributed by atoms with Gasteiger partial charge in [0.15, 0.2) is 11.6 Å². The smallest absolute Gasteiger partial charge is 0.165 e. The summed E-state index contributed by atoms with van der Waals surface area (Å²) in [5, 5.41) is 7.21. The van der Waals surface area contributed by atoms with E-state index in [1.54, 1.807) is 16.9 Å². The molecule has 4 nitrogen and oxygen atoms in total.